The Bertz CT molecular complexity index is 1410. The van der Waals surface area contributed by atoms with Gasteiger partial charge in [-0.25, -0.2) is 9.67 Å². The molecule has 0 radical (unpaired) electrons. The van der Waals surface area contributed by atoms with E-state index in [-0.39, 0.29) is 0 Å². The van der Waals surface area contributed by atoms with Crippen molar-refractivity contribution in [1.29, 1.82) is 0 Å². The van der Waals surface area contributed by atoms with E-state index in [2.05, 4.69) is 62.8 Å². The maximum Gasteiger partial charge on any atom is 0.205 e. The van der Waals surface area contributed by atoms with Crippen LogP contribution >= 0.6 is 0 Å². The van der Waals surface area contributed by atoms with Crippen molar-refractivity contribution >= 4 is 0 Å². The van der Waals surface area contributed by atoms with Crippen molar-refractivity contribution in [3.05, 3.63) is 90.3 Å². The first-order valence-corrected chi connectivity index (χ1v) is 10.6. The van der Waals surface area contributed by atoms with Gasteiger partial charge in [-0.2, -0.15) is 5.21 Å². The zero-order chi connectivity index (χ0) is 22.5. The van der Waals surface area contributed by atoms with E-state index >= 15 is 0 Å². The van der Waals surface area contributed by atoms with Crippen LogP contribution in [0.3, 0.4) is 0 Å². The van der Waals surface area contributed by atoms with Crippen molar-refractivity contribution < 1.29 is 0 Å². The molecule has 0 unspecified atom stereocenters. The molecule has 5 rings (SSSR count). The normalized spacial score (nSPS) is 10.6. The molecule has 0 saturated carbocycles. The summed E-state index contributed by atoms with van der Waals surface area (Å²) in [7, 11) is 0. The minimum atomic E-state index is 0.516. The molecule has 0 fully saturated rings. The average molecular weight is 432 g/mol. The van der Waals surface area contributed by atoms with Crippen LogP contribution in [0.1, 0.15) is 18.3 Å². The van der Waals surface area contributed by atoms with Gasteiger partial charge in [-0.15, -0.1) is 21.2 Å². The summed E-state index contributed by atoms with van der Waals surface area (Å²) in [6, 6.07) is 26.5. The van der Waals surface area contributed by atoms with Gasteiger partial charge in [-0.1, -0.05) is 84.8 Å². The summed E-state index contributed by atoms with van der Waals surface area (Å²) in [6.45, 7) is 2.35. The van der Waals surface area contributed by atoms with Gasteiger partial charge in [0.25, 0.3) is 0 Å². The van der Waals surface area contributed by atoms with E-state index in [1.807, 2.05) is 60.1 Å². The van der Waals surface area contributed by atoms with E-state index in [0.717, 1.165) is 33.6 Å². The molecule has 0 saturated heterocycles. The Morgan fingerprint density at radius 3 is 2.30 bits per heavy atom. The molecule has 0 aliphatic heterocycles. The lowest BCUT2D eigenvalue weighted by Gasteiger charge is -2.08. The molecule has 0 aliphatic carbocycles. The molecule has 3 aromatic carbocycles. The third-order valence-electron chi connectivity index (χ3n) is 5.33. The van der Waals surface area contributed by atoms with Gasteiger partial charge in [0.2, 0.25) is 5.82 Å². The lowest BCUT2D eigenvalue weighted by Crippen LogP contribution is -2.05. The van der Waals surface area contributed by atoms with E-state index in [1.54, 1.807) is 0 Å². The van der Waals surface area contributed by atoms with Crippen LogP contribution in [0.15, 0.2) is 78.9 Å². The molecule has 0 amide bonds. The Balaban J connectivity index is 1.43. The Hall–Kier alpha value is -4.57. The number of nitrogens with one attached hydrogen (secondary N) is 1. The molecular weight excluding hydrogens is 410 g/mol. The van der Waals surface area contributed by atoms with Crippen molar-refractivity contribution in [2.45, 2.75) is 19.9 Å². The SMILES string of the molecule is CC#CCn1nc(-c2ccccc2)nc1Cc1ccc(-c2ccccc2-c2nn[nH]n2)cc1. The minimum Gasteiger partial charge on any atom is -0.237 e. The smallest absolute Gasteiger partial charge is 0.205 e. The molecule has 7 heteroatoms. The monoisotopic (exact) mass is 431 g/mol. The van der Waals surface area contributed by atoms with Gasteiger partial charge in [0, 0.05) is 17.5 Å². The standard InChI is InChI=1S/C26H21N7/c1-2-3-17-33-24(27-25(30-33)21-9-5-4-6-10-21)18-19-13-15-20(16-14-19)22-11-7-8-12-23(22)26-28-31-32-29-26/h4-16H,17-18H2,1H3,(H,28,29,31,32). The van der Waals surface area contributed by atoms with Crippen LogP contribution in [-0.4, -0.2) is 35.4 Å². The van der Waals surface area contributed by atoms with Crippen molar-refractivity contribution in [2.75, 3.05) is 0 Å². The number of hydrogen-bond donors (Lipinski definition) is 1. The first-order valence-electron chi connectivity index (χ1n) is 10.6. The second-order valence-corrected chi connectivity index (χ2v) is 7.46. The largest absolute Gasteiger partial charge is 0.237 e. The molecule has 0 bridgehead atoms. The van der Waals surface area contributed by atoms with Gasteiger partial charge >= 0.3 is 0 Å². The average Bonchev–Trinajstić information content (AvgIpc) is 3.54. The molecule has 1 N–H and O–H groups in total. The van der Waals surface area contributed by atoms with Crippen LogP contribution in [-0.2, 0) is 13.0 Å². The van der Waals surface area contributed by atoms with Gasteiger partial charge in [-0.3, -0.25) is 0 Å². The highest BCUT2D eigenvalue weighted by Gasteiger charge is 2.13. The van der Waals surface area contributed by atoms with E-state index in [1.165, 1.54) is 0 Å². The predicted molar refractivity (Wildman–Crippen MR) is 127 cm³/mol. The first-order chi connectivity index (χ1) is 16.3. The second-order valence-electron chi connectivity index (χ2n) is 7.46. The third-order valence-corrected chi connectivity index (χ3v) is 5.33. The molecule has 2 aromatic heterocycles. The molecular formula is C26H21N7. The summed E-state index contributed by atoms with van der Waals surface area (Å²) in [5, 5.41) is 19.2. The van der Waals surface area contributed by atoms with Crippen molar-refractivity contribution in [2.24, 2.45) is 0 Å². The molecule has 2 heterocycles. The summed E-state index contributed by atoms with van der Waals surface area (Å²) in [6.07, 6.45) is 0.665. The number of H-pyrrole nitrogens is 1. The number of aromatic amines is 1. The zero-order valence-corrected chi connectivity index (χ0v) is 18.1. The highest BCUT2D eigenvalue weighted by Crippen LogP contribution is 2.30. The first kappa shape index (κ1) is 20.3. The molecule has 33 heavy (non-hydrogen) atoms. The zero-order valence-electron chi connectivity index (χ0n) is 18.1. The summed E-state index contributed by atoms with van der Waals surface area (Å²) in [4.78, 5) is 4.81. The highest BCUT2D eigenvalue weighted by atomic mass is 15.5. The minimum absolute atomic E-state index is 0.516. The Morgan fingerprint density at radius 2 is 1.58 bits per heavy atom. The summed E-state index contributed by atoms with van der Waals surface area (Å²) in [5.74, 6) is 8.22. The van der Waals surface area contributed by atoms with Crippen molar-refractivity contribution in [1.82, 2.24) is 35.4 Å². The fraction of sp³-hybridized carbons (Fsp3) is 0.115. The van der Waals surface area contributed by atoms with Gasteiger partial charge in [0.1, 0.15) is 12.4 Å². The lowest BCUT2D eigenvalue weighted by atomic mass is 9.98. The molecule has 0 atom stereocenters. The summed E-state index contributed by atoms with van der Waals surface area (Å²) >= 11 is 0. The fourth-order valence-corrected chi connectivity index (χ4v) is 3.69. The quantitative estimate of drug-likeness (QED) is 0.403. The molecule has 0 spiro atoms. The van der Waals surface area contributed by atoms with Crippen LogP contribution < -0.4 is 0 Å². The van der Waals surface area contributed by atoms with Crippen molar-refractivity contribution in [3.8, 4) is 45.7 Å². The number of aromatic nitrogens is 7. The maximum atomic E-state index is 4.81. The topological polar surface area (TPSA) is 85.2 Å². The Labute approximate surface area is 191 Å². The number of hydrogen-bond acceptors (Lipinski definition) is 5. The second kappa shape index (κ2) is 9.28. The van der Waals surface area contributed by atoms with Gasteiger partial charge < -0.3 is 0 Å². The maximum absolute atomic E-state index is 4.81. The Kier molecular flexibility index (Phi) is 5.72. The molecule has 5 aromatic rings. The van der Waals surface area contributed by atoms with E-state index in [4.69, 9.17) is 10.1 Å². The van der Waals surface area contributed by atoms with E-state index in [0.29, 0.717) is 24.6 Å². The van der Waals surface area contributed by atoms with E-state index in [9.17, 15) is 0 Å². The van der Waals surface area contributed by atoms with Crippen molar-refractivity contribution in [3.63, 3.8) is 0 Å². The fourth-order valence-electron chi connectivity index (χ4n) is 3.69. The van der Waals surface area contributed by atoms with Gasteiger partial charge in [0.15, 0.2) is 5.82 Å². The highest BCUT2D eigenvalue weighted by molar-refractivity contribution is 5.80. The van der Waals surface area contributed by atoms with Crippen LogP contribution in [0.2, 0.25) is 0 Å². The lowest BCUT2D eigenvalue weighted by molar-refractivity contribution is 0.673. The summed E-state index contributed by atoms with van der Waals surface area (Å²) < 4.78 is 1.89. The van der Waals surface area contributed by atoms with Crippen LogP contribution in [0.4, 0.5) is 0 Å². The number of rotatable bonds is 6. The van der Waals surface area contributed by atoms with Crippen LogP contribution in [0.5, 0.6) is 0 Å². The Morgan fingerprint density at radius 1 is 0.818 bits per heavy atom. The molecule has 0 aliphatic rings. The summed E-state index contributed by atoms with van der Waals surface area (Å²) in [5.41, 5.74) is 5.22. The van der Waals surface area contributed by atoms with Gasteiger partial charge in [-0.05, 0) is 28.8 Å². The molecule has 7 nitrogen and oxygen atoms in total. The predicted octanol–water partition coefficient (Wildman–Crippen LogP) is 4.41. The number of tetrazole rings is 1. The van der Waals surface area contributed by atoms with Gasteiger partial charge in [0.05, 0.1) is 0 Å². The van der Waals surface area contributed by atoms with Crippen LogP contribution in [0, 0.1) is 11.8 Å². The molecule has 160 valence electrons. The van der Waals surface area contributed by atoms with E-state index < -0.39 is 0 Å². The number of benzene rings is 3. The third kappa shape index (κ3) is 4.41. The number of nitrogens with zero attached hydrogens (tertiary/aromatic N) is 6. The van der Waals surface area contributed by atoms with Crippen LogP contribution in [0.25, 0.3) is 33.9 Å².